The molecule has 116 valence electrons. The molecule has 1 N–H and O–H groups in total. The third kappa shape index (κ3) is 3.81. The lowest BCUT2D eigenvalue weighted by Gasteiger charge is -2.22. The molecule has 0 saturated heterocycles. The number of nitrogens with one attached hydrogen (secondary N) is 1. The highest BCUT2D eigenvalue weighted by molar-refractivity contribution is 6.01. The van der Waals surface area contributed by atoms with Gasteiger partial charge in [0.05, 0.1) is 11.2 Å². The standard InChI is InChI=1S/C17H21N3O2/c1-3-10-18-16(22)9-12-20(13(2)21)15-8-4-6-14-7-5-11-19-17(14)15/h4-8,11H,3,9-10,12H2,1-2H3,(H,18,22). The molecule has 0 unspecified atom stereocenters. The summed E-state index contributed by atoms with van der Waals surface area (Å²) in [7, 11) is 0. The summed E-state index contributed by atoms with van der Waals surface area (Å²) in [6.07, 6.45) is 2.89. The number of benzene rings is 1. The van der Waals surface area contributed by atoms with E-state index < -0.39 is 0 Å². The molecule has 5 nitrogen and oxygen atoms in total. The number of anilines is 1. The number of pyridine rings is 1. The molecule has 0 atom stereocenters. The summed E-state index contributed by atoms with van der Waals surface area (Å²) in [5, 5.41) is 3.80. The number of fused-ring (bicyclic) bond motifs is 1. The predicted molar refractivity (Wildman–Crippen MR) is 87.7 cm³/mol. The molecule has 2 rings (SSSR count). The number of hydrogen-bond acceptors (Lipinski definition) is 3. The highest BCUT2D eigenvalue weighted by Crippen LogP contribution is 2.25. The zero-order valence-corrected chi connectivity index (χ0v) is 13.0. The van der Waals surface area contributed by atoms with Crippen LogP contribution in [0.2, 0.25) is 0 Å². The minimum atomic E-state index is -0.0959. The Kier molecular flexibility index (Phi) is 5.47. The molecule has 5 heteroatoms. The van der Waals surface area contributed by atoms with E-state index >= 15 is 0 Å². The van der Waals surface area contributed by atoms with E-state index in [0.29, 0.717) is 13.1 Å². The largest absolute Gasteiger partial charge is 0.356 e. The van der Waals surface area contributed by atoms with Gasteiger partial charge in [-0.2, -0.15) is 0 Å². The van der Waals surface area contributed by atoms with Crippen molar-refractivity contribution in [2.45, 2.75) is 26.7 Å². The van der Waals surface area contributed by atoms with Crippen molar-refractivity contribution in [2.24, 2.45) is 0 Å². The SMILES string of the molecule is CCCNC(=O)CCN(C(C)=O)c1cccc2cccnc12. The van der Waals surface area contributed by atoms with Gasteiger partial charge in [-0.1, -0.05) is 25.1 Å². The van der Waals surface area contributed by atoms with Crippen LogP contribution in [-0.4, -0.2) is 29.9 Å². The average molecular weight is 299 g/mol. The van der Waals surface area contributed by atoms with Gasteiger partial charge in [0.15, 0.2) is 0 Å². The van der Waals surface area contributed by atoms with Crippen LogP contribution in [0.3, 0.4) is 0 Å². The van der Waals surface area contributed by atoms with Crippen LogP contribution in [-0.2, 0) is 9.59 Å². The Balaban J connectivity index is 2.20. The summed E-state index contributed by atoms with van der Waals surface area (Å²) in [5.74, 6) is -0.136. The van der Waals surface area contributed by atoms with Crippen LogP contribution in [0.1, 0.15) is 26.7 Å². The van der Waals surface area contributed by atoms with Crippen molar-refractivity contribution in [1.82, 2.24) is 10.3 Å². The van der Waals surface area contributed by atoms with E-state index in [0.717, 1.165) is 23.0 Å². The number of nitrogens with zero attached hydrogens (tertiary/aromatic N) is 2. The summed E-state index contributed by atoms with van der Waals surface area (Å²) in [6, 6.07) is 9.53. The third-order valence-electron chi connectivity index (χ3n) is 3.42. The molecule has 0 bridgehead atoms. The quantitative estimate of drug-likeness (QED) is 0.891. The minimum absolute atomic E-state index is 0.0405. The summed E-state index contributed by atoms with van der Waals surface area (Å²) >= 11 is 0. The van der Waals surface area contributed by atoms with Crippen LogP contribution in [0.15, 0.2) is 36.5 Å². The Labute approximate surface area is 130 Å². The molecule has 0 fully saturated rings. The Morgan fingerprint density at radius 1 is 1.23 bits per heavy atom. The zero-order chi connectivity index (χ0) is 15.9. The first-order valence-electron chi connectivity index (χ1n) is 7.52. The first-order valence-corrected chi connectivity index (χ1v) is 7.52. The summed E-state index contributed by atoms with van der Waals surface area (Å²) in [4.78, 5) is 29.7. The lowest BCUT2D eigenvalue weighted by Crippen LogP contribution is -2.34. The van der Waals surface area contributed by atoms with Crippen LogP contribution in [0.5, 0.6) is 0 Å². The molecule has 1 aromatic heterocycles. The van der Waals surface area contributed by atoms with E-state index in [4.69, 9.17) is 0 Å². The molecule has 0 aliphatic heterocycles. The van der Waals surface area contributed by atoms with Gasteiger partial charge in [-0.25, -0.2) is 0 Å². The molecule has 0 saturated carbocycles. The number of amides is 2. The molecule has 1 aromatic carbocycles. The first-order chi connectivity index (χ1) is 10.6. The predicted octanol–water partition coefficient (Wildman–Crippen LogP) is 2.50. The number of rotatable bonds is 6. The molecule has 0 radical (unpaired) electrons. The molecule has 1 heterocycles. The van der Waals surface area contributed by atoms with Crippen LogP contribution in [0.25, 0.3) is 10.9 Å². The topological polar surface area (TPSA) is 62.3 Å². The second-order valence-corrected chi connectivity index (χ2v) is 5.12. The molecule has 0 spiro atoms. The van der Waals surface area contributed by atoms with Crippen LogP contribution < -0.4 is 10.2 Å². The number of para-hydroxylation sites is 1. The van der Waals surface area contributed by atoms with E-state index in [1.807, 2.05) is 37.3 Å². The summed E-state index contributed by atoms with van der Waals surface area (Å²) in [6.45, 7) is 4.52. The van der Waals surface area contributed by atoms with Gasteiger partial charge in [-0.15, -0.1) is 0 Å². The van der Waals surface area contributed by atoms with Crippen molar-refractivity contribution in [3.05, 3.63) is 36.5 Å². The Morgan fingerprint density at radius 3 is 2.73 bits per heavy atom. The molecule has 2 amide bonds. The third-order valence-corrected chi connectivity index (χ3v) is 3.42. The van der Waals surface area contributed by atoms with Crippen molar-refractivity contribution < 1.29 is 9.59 Å². The van der Waals surface area contributed by atoms with Gasteiger partial charge in [0, 0.05) is 38.0 Å². The lowest BCUT2D eigenvalue weighted by molar-refractivity contribution is -0.121. The van der Waals surface area contributed by atoms with E-state index in [9.17, 15) is 9.59 Å². The number of carbonyl (C=O) groups is 2. The highest BCUT2D eigenvalue weighted by atomic mass is 16.2. The monoisotopic (exact) mass is 299 g/mol. The fraction of sp³-hybridized carbons (Fsp3) is 0.353. The second-order valence-electron chi connectivity index (χ2n) is 5.12. The zero-order valence-electron chi connectivity index (χ0n) is 13.0. The van der Waals surface area contributed by atoms with E-state index in [1.54, 1.807) is 11.1 Å². The van der Waals surface area contributed by atoms with Crippen LogP contribution in [0, 0.1) is 0 Å². The Bertz CT molecular complexity index is 665. The van der Waals surface area contributed by atoms with Gasteiger partial charge in [0.2, 0.25) is 11.8 Å². The van der Waals surface area contributed by atoms with Gasteiger partial charge in [-0.05, 0) is 18.6 Å². The van der Waals surface area contributed by atoms with Crippen molar-refractivity contribution in [1.29, 1.82) is 0 Å². The molecule has 0 aliphatic carbocycles. The van der Waals surface area contributed by atoms with E-state index in [1.165, 1.54) is 6.92 Å². The maximum absolute atomic E-state index is 12.0. The van der Waals surface area contributed by atoms with Crippen LogP contribution >= 0.6 is 0 Å². The normalized spacial score (nSPS) is 10.5. The fourth-order valence-electron chi connectivity index (χ4n) is 2.32. The average Bonchev–Trinajstić information content (AvgIpc) is 2.53. The number of hydrogen-bond donors (Lipinski definition) is 1. The molecular formula is C17H21N3O2. The van der Waals surface area contributed by atoms with Gasteiger partial charge in [0.25, 0.3) is 0 Å². The van der Waals surface area contributed by atoms with Crippen LogP contribution in [0.4, 0.5) is 5.69 Å². The minimum Gasteiger partial charge on any atom is -0.356 e. The number of carbonyl (C=O) groups excluding carboxylic acids is 2. The highest BCUT2D eigenvalue weighted by Gasteiger charge is 2.16. The molecule has 0 aliphatic rings. The van der Waals surface area contributed by atoms with Gasteiger partial charge in [0.1, 0.15) is 0 Å². The number of aromatic nitrogens is 1. The fourth-order valence-corrected chi connectivity index (χ4v) is 2.32. The molecular weight excluding hydrogens is 278 g/mol. The second kappa shape index (κ2) is 7.54. The summed E-state index contributed by atoms with van der Waals surface area (Å²) in [5.41, 5.74) is 1.52. The first kappa shape index (κ1) is 15.9. The maximum atomic E-state index is 12.0. The lowest BCUT2D eigenvalue weighted by atomic mass is 10.1. The van der Waals surface area contributed by atoms with Gasteiger partial charge < -0.3 is 10.2 Å². The van der Waals surface area contributed by atoms with E-state index in [2.05, 4.69) is 10.3 Å². The Morgan fingerprint density at radius 2 is 2.00 bits per heavy atom. The van der Waals surface area contributed by atoms with Crippen molar-refractivity contribution in [2.75, 3.05) is 18.0 Å². The Hall–Kier alpha value is -2.43. The van der Waals surface area contributed by atoms with Crippen molar-refractivity contribution in [3.63, 3.8) is 0 Å². The smallest absolute Gasteiger partial charge is 0.223 e. The van der Waals surface area contributed by atoms with Gasteiger partial charge >= 0.3 is 0 Å². The van der Waals surface area contributed by atoms with Gasteiger partial charge in [-0.3, -0.25) is 14.6 Å². The maximum Gasteiger partial charge on any atom is 0.223 e. The van der Waals surface area contributed by atoms with Crippen molar-refractivity contribution in [3.8, 4) is 0 Å². The van der Waals surface area contributed by atoms with E-state index in [-0.39, 0.29) is 18.2 Å². The summed E-state index contributed by atoms with van der Waals surface area (Å²) < 4.78 is 0. The molecule has 22 heavy (non-hydrogen) atoms. The molecule has 2 aromatic rings. The van der Waals surface area contributed by atoms with Crippen molar-refractivity contribution >= 4 is 28.4 Å².